The fourth-order valence-electron chi connectivity index (χ4n) is 5.84. The molecular weight excluding hydrogens is 539 g/mol. The second-order valence-electron chi connectivity index (χ2n) is 11.1. The van der Waals surface area contributed by atoms with Gasteiger partial charge in [0.15, 0.2) is 0 Å². The molecule has 1 saturated carbocycles. The highest BCUT2D eigenvalue weighted by atomic mass is 32.2. The Bertz CT molecular complexity index is 1700. The molecule has 3 atom stereocenters. The zero-order valence-electron chi connectivity index (χ0n) is 23.1. The van der Waals surface area contributed by atoms with Crippen LogP contribution in [0.15, 0.2) is 84.0 Å². The van der Waals surface area contributed by atoms with Crippen LogP contribution in [0.2, 0.25) is 0 Å². The monoisotopic (exact) mass is 572 g/mol. The maximum Gasteiger partial charge on any atom is 0.241 e. The Morgan fingerprint density at radius 2 is 1.93 bits per heavy atom. The molecule has 3 aromatic carbocycles. The summed E-state index contributed by atoms with van der Waals surface area (Å²) in [6, 6.07) is 19.4. The number of fused-ring (bicyclic) bond motifs is 1. The number of nitrogens with one attached hydrogen (secondary N) is 1. The van der Waals surface area contributed by atoms with E-state index >= 15 is 0 Å². The van der Waals surface area contributed by atoms with Crippen molar-refractivity contribution in [1.82, 2.24) is 14.3 Å². The number of aromatic nitrogens is 2. The first-order valence-electron chi connectivity index (χ1n) is 13.9. The number of aryl methyl sites for hydroxylation is 3. The Morgan fingerprint density at radius 3 is 2.66 bits per heavy atom. The van der Waals surface area contributed by atoms with Crippen molar-refractivity contribution < 1.29 is 17.6 Å². The Labute approximate surface area is 240 Å². The van der Waals surface area contributed by atoms with Crippen LogP contribution in [0.25, 0.3) is 0 Å². The van der Waals surface area contributed by atoms with Crippen molar-refractivity contribution in [2.45, 2.75) is 56.0 Å². The molecule has 4 aromatic rings. The minimum Gasteiger partial charge on any atom is -0.337 e. The van der Waals surface area contributed by atoms with Crippen LogP contribution in [0.4, 0.5) is 10.1 Å². The quantitative estimate of drug-likeness (QED) is 0.300. The molecule has 1 fully saturated rings. The lowest BCUT2D eigenvalue weighted by atomic mass is 9.87. The molecule has 1 aromatic heterocycles. The van der Waals surface area contributed by atoms with Gasteiger partial charge in [0.25, 0.3) is 0 Å². The van der Waals surface area contributed by atoms with Crippen molar-refractivity contribution in [3.05, 3.63) is 113 Å². The van der Waals surface area contributed by atoms with E-state index in [1.54, 1.807) is 18.0 Å². The maximum absolute atomic E-state index is 14.0. The van der Waals surface area contributed by atoms with Crippen LogP contribution in [-0.2, 0) is 34.8 Å². The molecule has 6 rings (SSSR count). The molecule has 0 unspecified atom stereocenters. The van der Waals surface area contributed by atoms with E-state index in [1.165, 1.54) is 23.8 Å². The molecule has 0 radical (unpaired) electrons. The molecular formula is C32H33FN4O3S. The summed E-state index contributed by atoms with van der Waals surface area (Å²) >= 11 is 0. The third-order valence-electron chi connectivity index (χ3n) is 8.31. The number of rotatable bonds is 8. The van der Waals surface area contributed by atoms with Crippen molar-refractivity contribution in [2.24, 2.45) is 13.0 Å². The normalized spacial score (nSPS) is 19.9. The van der Waals surface area contributed by atoms with Gasteiger partial charge in [-0.1, -0.05) is 36.4 Å². The number of hydrogen-bond donors (Lipinski definition) is 1. The molecule has 7 nitrogen and oxygen atoms in total. The number of nitrogens with zero attached hydrogens (tertiary/aromatic N) is 3. The van der Waals surface area contributed by atoms with Crippen LogP contribution in [0, 0.1) is 18.7 Å². The number of imidazole rings is 1. The topological polar surface area (TPSA) is 84.3 Å². The molecule has 0 bridgehead atoms. The largest absolute Gasteiger partial charge is 0.337 e. The van der Waals surface area contributed by atoms with Crippen LogP contribution in [0.1, 0.15) is 59.3 Å². The summed E-state index contributed by atoms with van der Waals surface area (Å²) in [5.41, 5.74) is 4.08. The van der Waals surface area contributed by atoms with Crippen molar-refractivity contribution >= 4 is 21.6 Å². The molecule has 1 N–H and O–H groups in total. The molecule has 0 aliphatic heterocycles. The molecule has 1 heterocycles. The number of sulfonamides is 1. The summed E-state index contributed by atoms with van der Waals surface area (Å²) in [6.07, 6.45) is 6.66. The molecule has 1 amide bonds. The van der Waals surface area contributed by atoms with Crippen LogP contribution >= 0.6 is 0 Å². The zero-order valence-corrected chi connectivity index (χ0v) is 23.9. The summed E-state index contributed by atoms with van der Waals surface area (Å²) in [5.74, 6) is 0.418. The number of hydrogen-bond acceptors (Lipinski definition) is 4. The molecule has 2 aliphatic carbocycles. The molecule has 0 spiro atoms. The smallest absolute Gasteiger partial charge is 0.241 e. The summed E-state index contributed by atoms with van der Waals surface area (Å²) in [7, 11) is -1.98. The highest BCUT2D eigenvalue weighted by Gasteiger charge is 2.46. The van der Waals surface area contributed by atoms with Gasteiger partial charge in [-0.15, -0.1) is 0 Å². The van der Waals surface area contributed by atoms with E-state index in [-0.39, 0.29) is 28.2 Å². The van der Waals surface area contributed by atoms with E-state index in [1.807, 2.05) is 54.2 Å². The summed E-state index contributed by atoms with van der Waals surface area (Å²) in [5, 5.41) is 0. The van der Waals surface area contributed by atoms with E-state index in [2.05, 4.69) is 21.8 Å². The summed E-state index contributed by atoms with van der Waals surface area (Å²) in [4.78, 5) is 20.3. The first kappa shape index (κ1) is 27.4. The van der Waals surface area contributed by atoms with Crippen molar-refractivity contribution in [1.29, 1.82) is 0 Å². The lowest BCUT2D eigenvalue weighted by molar-refractivity contribution is -0.120. The molecule has 0 saturated heterocycles. The Balaban J connectivity index is 1.32. The fraction of sp³-hybridized carbons (Fsp3) is 0.312. The first-order valence-corrected chi connectivity index (χ1v) is 15.4. The molecule has 9 heteroatoms. The second-order valence-corrected chi connectivity index (χ2v) is 12.8. The molecule has 212 valence electrons. The number of anilines is 1. The number of carbonyl (C=O) groups excluding carboxylic acids is 1. The Kier molecular flexibility index (Phi) is 7.25. The SMILES string of the molecule is Cc1cc(S(=O)(=O)N[C@@H]2CCCc3ccc(N(Cc4nccn4C)C(=O)[C@@H]4C[C@H]4c4ccccc4)cc32)ccc1F. The van der Waals surface area contributed by atoms with E-state index in [0.717, 1.165) is 41.9 Å². The summed E-state index contributed by atoms with van der Waals surface area (Å²) < 4.78 is 45.2. The minimum absolute atomic E-state index is 0.0342. The number of halogens is 1. The standard InChI is InChI=1S/C32H33FN4O3S/c1-21-17-25(13-14-29(21)33)41(39,40)35-30-10-6-9-23-11-12-24(18-27(23)30)37(20-31-34-15-16-36(31)2)32(38)28-19-26(28)22-7-4-3-5-8-22/h3-5,7-8,11-18,26,28,30,35H,6,9-10,19-20H2,1-2H3/t26-,28+,30+/m0/s1. The van der Waals surface area contributed by atoms with Crippen LogP contribution in [0.5, 0.6) is 0 Å². The van der Waals surface area contributed by atoms with Gasteiger partial charge >= 0.3 is 0 Å². The predicted octanol–water partition coefficient (Wildman–Crippen LogP) is 5.56. The fourth-order valence-corrected chi connectivity index (χ4v) is 7.17. The average Bonchev–Trinajstić information content (AvgIpc) is 3.67. The van der Waals surface area contributed by atoms with Gasteiger partial charge in [-0.3, -0.25) is 4.79 Å². The van der Waals surface area contributed by atoms with Crippen molar-refractivity contribution in [3.63, 3.8) is 0 Å². The highest BCUT2D eigenvalue weighted by molar-refractivity contribution is 7.89. The highest BCUT2D eigenvalue weighted by Crippen LogP contribution is 2.49. The van der Waals surface area contributed by atoms with E-state index in [0.29, 0.717) is 13.0 Å². The van der Waals surface area contributed by atoms with E-state index in [4.69, 9.17) is 0 Å². The zero-order chi connectivity index (χ0) is 28.7. The van der Waals surface area contributed by atoms with Crippen molar-refractivity contribution in [3.8, 4) is 0 Å². The predicted molar refractivity (Wildman–Crippen MR) is 155 cm³/mol. The van der Waals surface area contributed by atoms with Crippen molar-refractivity contribution in [2.75, 3.05) is 4.90 Å². The average molecular weight is 573 g/mol. The Morgan fingerprint density at radius 1 is 1.12 bits per heavy atom. The van der Waals surface area contributed by atoms with Gasteiger partial charge in [0.2, 0.25) is 15.9 Å². The van der Waals surface area contributed by atoms with Gasteiger partial charge in [-0.25, -0.2) is 22.5 Å². The van der Waals surface area contributed by atoms with E-state index < -0.39 is 21.9 Å². The Hall–Kier alpha value is -3.82. The lowest BCUT2D eigenvalue weighted by Crippen LogP contribution is -2.34. The van der Waals surface area contributed by atoms with Gasteiger partial charge < -0.3 is 9.47 Å². The van der Waals surface area contributed by atoms with E-state index in [9.17, 15) is 17.6 Å². The molecule has 2 aliphatic rings. The van der Waals surface area contributed by atoms with Gasteiger partial charge in [0, 0.05) is 37.1 Å². The third kappa shape index (κ3) is 5.56. The molecule has 41 heavy (non-hydrogen) atoms. The van der Waals surface area contributed by atoms with Gasteiger partial charge in [-0.2, -0.15) is 0 Å². The minimum atomic E-state index is -3.89. The van der Waals surface area contributed by atoms with Crippen LogP contribution < -0.4 is 9.62 Å². The summed E-state index contributed by atoms with van der Waals surface area (Å²) in [6.45, 7) is 1.86. The van der Waals surface area contributed by atoms with Gasteiger partial charge in [-0.05, 0) is 91.1 Å². The number of amides is 1. The maximum atomic E-state index is 14.0. The number of benzene rings is 3. The first-order chi connectivity index (χ1) is 19.7. The van der Waals surface area contributed by atoms with Gasteiger partial charge in [0.1, 0.15) is 11.6 Å². The number of carbonyl (C=O) groups is 1. The van der Waals surface area contributed by atoms with Crippen LogP contribution in [0.3, 0.4) is 0 Å². The second kappa shape index (κ2) is 10.9. The lowest BCUT2D eigenvalue weighted by Gasteiger charge is -2.29. The van der Waals surface area contributed by atoms with Gasteiger partial charge in [0.05, 0.1) is 11.4 Å². The van der Waals surface area contributed by atoms with Crippen LogP contribution in [-0.4, -0.2) is 23.9 Å². The third-order valence-corrected chi connectivity index (χ3v) is 9.78.